The minimum atomic E-state index is -0.230. The minimum absolute atomic E-state index is 0.117. The topological polar surface area (TPSA) is 62.3 Å². The highest BCUT2D eigenvalue weighted by atomic mass is 32.1. The first-order valence-corrected chi connectivity index (χ1v) is 9.35. The van der Waals surface area contributed by atoms with Crippen LogP contribution >= 0.6 is 11.3 Å². The van der Waals surface area contributed by atoms with Crippen molar-refractivity contribution in [2.45, 2.75) is 25.7 Å². The molecule has 1 fully saturated rings. The maximum atomic E-state index is 12.3. The smallest absolute Gasteiger partial charge is 0.250 e. The van der Waals surface area contributed by atoms with Crippen molar-refractivity contribution < 1.29 is 9.59 Å². The first-order chi connectivity index (χ1) is 12.2. The Labute approximate surface area is 151 Å². The highest BCUT2D eigenvalue weighted by Gasteiger charge is 2.18. The summed E-state index contributed by atoms with van der Waals surface area (Å²) in [6.45, 7) is 1.69. The van der Waals surface area contributed by atoms with Gasteiger partial charge in [0.25, 0.3) is 0 Å². The molecular formula is C19H21N3O2S. The Morgan fingerprint density at radius 1 is 1.16 bits per heavy atom. The second kappa shape index (κ2) is 8.58. The number of aromatic nitrogens is 1. The molecular weight excluding hydrogens is 334 g/mol. The third-order valence-corrected chi connectivity index (χ3v) is 4.86. The maximum absolute atomic E-state index is 12.3. The molecule has 2 aromatic rings. The number of carbonyl (C=O) groups is 2. The summed E-state index contributed by atoms with van der Waals surface area (Å²) in [5, 5.41) is 5.09. The summed E-state index contributed by atoms with van der Waals surface area (Å²) in [6, 6.07) is 9.63. The van der Waals surface area contributed by atoms with Gasteiger partial charge in [0.05, 0.1) is 12.1 Å². The molecule has 2 heterocycles. The zero-order valence-corrected chi connectivity index (χ0v) is 14.8. The summed E-state index contributed by atoms with van der Waals surface area (Å²) < 4.78 is 0. The predicted octanol–water partition coefficient (Wildman–Crippen LogP) is 3.35. The molecule has 0 atom stereocenters. The third kappa shape index (κ3) is 5.26. The normalized spacial score (nSPS) is 14.6. The number of anilines is 1. The van der Waals surface area contributed by atoms with Gasteiger partial charge in [-0.1, -0.05) is 30.3 Å². The van der Waals surface area contributed by atoms with Crippen LogP contribution in [0.4, 0.5) is 5.13 Å². The molecule has 0 unspecified atom stereocenters. The van der Waals surface area contributed by atoms with Gasteiger partial charge in [-0.25, -0.2) is 4.98 Å². The number of nitrogens with one attached hydrogen (secondary N) is 1. The van der Waals surface area contributed by atoms with Gasteiger partial charge in [0.1, 0.15) is 0 Å². The molecule has 3 rings (SSSR count). The van der Waals surface area contributed by atoms with Crippen molar-refractivity contribution in [1.82, 2.24) is 9.88 Å². The standard InChI is InChI=1S/C19H21N3O2S/c23-17(10-9-15-7-3-1-4-8-15)21-19-20-16(14-25-19)13-18(24)22-11-5-2-6-12-22/h1,3-4,7-10,14H,2,5-6,11-13H2,(H,20,21,23)/b10-9+. The van der Waals surface area contributed by atoms with Crippen molar-refractivity contribution in [3.8, 4) is 0 Å². The molecule has 0 aliphatic carbocycles. The van der Waals surface area contributed by atoms with Crippen LogP contribution in [0, 0.1) is 0 Å². The number of hydrogen-bond donors (Lipinski definition) is 1. The Balaban J connectivity index is 1.51. The molecule has 25 heavy (non-hydrogen) atoms. The van der Waals surface area contributed by atoms with Gasteiger partial charge in [-0.2, -0.15) is 0 Å². The van der Waals surface area contributed by atoms with E-state index in [0.29, 0.717) is 17.2 Å². The van der Waals surface area contributed by atoms with Crippen LogP contribution in [0.2, 0.25) is 0 Å². The number of thiazole rings is 1. The van der Waals surface area contributed by atoms with Gasteiger partial charge < -0.3 is 4.90 Å². The lowest BCUT2D eigenvalue weighted by Crippen LogP contribution is -2.36. The van der Waals surface area contributed by atoms with Crippen LogP contribution in [0.3, 0.4) is 0 Å². The highest BCUT2D eigenvalue weighted by molar-refractivity contribution is 7.14. The zero-order chi connectivity index (χ0) is 17.5. The average molecular weight is 355 g/mol. The van der Waals surface area contributed by atoms with Crippen LogP contribution in [0.1, 0.15) is 30.5 Å². The van der Waals surface area contributed by atoms with E-state index in [2.05, 4.69) is 10.3 Å². The zero-order valence-electron chi connectivity index (χ0n) is 14.0. The van der Waals surface area contributed by atoms with E-state index >= 15 is 0 Å². The summed E-state index contributed by atoms with van der Waals surface area (Å²) in [5.74, 6) is -0.112. The van der Waals surface area contributed by atoms with Crippen molar-refractivity contribution in [2.75, 3.05) is 18.4 Å². The van der Waals surface area contributed by atoms with Gasteiger partial charge in [-0.15, -0.1) is 11.3 Å². The molecule has 1 N–H and O–H groups in total. The monoisotopic (exact) mass is 355 g/mol. The van der Waals surface area contributed by atoms with E-state index in [-0.39, 0.29) is 11.8 Å². The van der Waals surface area contributed by atoms with Crippen LogP contribution in [0.5, 0.6) is 0 Å². The van der Waals surface area contributed by atoms with Crippen LogP contribution in [0.15, 0.2) is 41.8 Å². The number of rotatable bonds is 5. The molecule has 2 amide bonds. The Bertz CT molecular complexity index is 749. The van der Waals surface area contributed by atoms with Crippen LogP contribution in [-0.4, -0.2) is 34.8 Å². The van der Waals surface area contributed by atoms with Crippen LogP contribution in [0.25, 0.3) is 6.08 Å². The lowest BCUT2D eigenvalue weighted by molar-refractivity contribution is -0.131. The minimum Gasteiger partial charge on any atom is -0.342 e. The summed E-state index contributed by atoms with van der Waals surface area (Å²) in [4.78, 5) is 30.5. The number of carbonyl (C=O) groups excluding carboxylic acids is 2. The summed E-state index contributed by atoms with van der Waals surface area (Å²) >= 11 is 1.34. The van der Waals surface area contributed by atoms with Gasteiger partial charge in [0.2, 0.25) is 11.8 Å². The summed E-state index contributed by atoms with van der Waals surface area (Å²) in [6.07, 6.45) is 6.90. The molecule has 1 aromatic carbocycles. The molecule has 0 bridgehead atoms. The molecule has 0 radical (unpaired) electrons. The number of likely N-dealkylation sites (tertiary alicyclic amines) is 1. The molecule has 1 saturated heterocycles. The quantitative estimate of drug-likeness (QED) is 0.837. The third-order valence-electron chi connectivity index (χ3n) is 4.05. The fourth-order valence-corrected chi connectivity index (χ4v) is 3.45. The van der Waals surface area contributed by atoms with Gasteiger partial charge in [-0.05, 0) is 30.9 Å². The second-order valence-corrected chi connectivity index (χ2v) is 6.85. The lowest BCUT2D eigenvalue weighted by atomic mass is 10.1. The fraction of sp³-hybridized carbons (Fsp3) is 0.316. The Kier molecular flexibility index (Phi) is 5.95. The molecule has 1 aliphatic heterocycles. The number of piperidine rings is 1. The Hall–Kier alpha value is -2.47. The number of nitrogens with zero attached hydrogens (tertiary/aromatic N) is 2. The number of benzene rings is 1. The first-order valence-electron chi connectivity index (χ1n) is 8.47. The molecule has 130 valence electrons. The molecule has 5 nitrogen and oxygen atoms in total. The van der Waals surface area contributed by atoms with E-state index in [1.54, 1.807) is 6.08 Å². The Morgan fingerprint density at radius 3 is 2.68 bits per heavy atom. The molecule has 0 saturated carbocycles. The van der Waals surface area contributed by atoms with E-state index in [1.807, 2.05) is 40.6 Å². The van der Waals surface area contributed by atoms with Gasteiger partial charge in [0.15, 0.2) is 5.13 Å². The van der Waals surface area contributed by atoms with Gasteiger partial charge in [-0.3, -0.25) is 14.9 Å². The van der Waals surface area contributed by atoms with Gasteiger partial charge >= 0.3 is 0 Å². The van der Waals surface area contributed by atoms with E-state index in [0.717, 1.165) is 31.5 Å². The average Bonchev–Trinajstić information content (AvgIpc) is 3.08. The molecule has 1 aromatic heterocycles. The first kappa shape index (κ1) is 17.4. The van der Waals surface area contributed by atoms with Crippen molar-refractivity contribution in [2.24, 2.45) is 0 Å². The molecule has 1 aliphatic rings. The molecule has 6 heteroatoms. The lowest BCUT2D eigenvalue weighted by Gasteiger charge is -2.26. The predicted molar refractivity (Wildman–Crippen MR) is 100 cm³/mol. The van der Waals surface area contributed by atoms with Gasteiger partial charge in [0, 0.05) is 24.5 Å². The summed E-state index contributed by atoms with van der Waals surface area (Å²) in [5.41, 5.74) is 1.67. The summed E-state index contributed by atoms with van der Waals surface area (Å²) in [7, 11) is 0. The van der Waals surface area contributed by atoms with Crippen molar-refractivity contribution >= 4 is 34.4 Å². The van der Waals surface area contributed by atoms with Crippen LogP contribution < -0.4 is 5.32 Å². The van der Waals surface area contributed by atoms with Crippen molar-refractivity contribution in [1.29, 1.82) is 0 Å². The fourth-order valence-electron chi connectivity index (χ4n) is 2.74. The largest absolute Gasteiger partial charge is 0.342 e. The molecule has 0 spiro atoms. The van der Waals surface area contributed by atoms with E-state index in [4.69, 9.17) is 0 Å². The Morgan fingerprint density at radius 2 is 1.92 bits per heavy atom. The van der Waals surface area contributed by atoms with Crippen molar-refractivity contribution in [3.63, 3.8) is 0 Å². The highest BCUT2D eigenvalue weighted by Crippen LogP contribution is 2.17. The number of amides is 2. The second-order valence-electron chi connectivity index (χ2n) is 6.00. The van der Waals surface area contributed by atoms with Crippen LogP contribution in [-0.2, 0) is 16.0 Å². The van der Waals surface area contributed by atoms with E-state index in [1.165, 1.54) is 23.8 Å². The maximum Gasteiger partial charge on any atom is 0.250 e. The van der Waals surface area contributed by atoms with Crippen molar-refractivity contribution in [3.05, 3.63) is 53.0 Å². The van der Waals surface area contributed by atoms with E-state index < -0.39 is 0 Å². The van der Waals surface area contributed by atoms with E-state index in [9.17, 15) is 9.59 Å². The SMILES string of the molecule is O=C(/C=C/c1ccccc1)Nc1nc(CC(=O)N2CCCCC2)cs1. The number of hydrogen-bond acceptors (Lipinski definition) is 4.